The number of rotatable bonds is 6. The Morgan fingerprint density at radius 1 is 1.00 bits per heavy atom. The van der Waals surface area contributed by atoms with Crippen LogP contribution >= 0.6 is 0 Å². The molecule has 0 unspecified atom stereocenters. The van der Waals surface area contributed by atoms with E-state index in [1.807, 2.05) is 0 Å². The summed E-state index contributed by atoms with van der Waals surface area (Å²) < 4.78 is 56.3. The largest absolute Gasteiger partial charge is 0.486 e. The number of fused-ring (bicyclic) bond motifs is 1. The van der Waals surface area contributed by atoms with E-state index >= 15 is 0 Å². The third kappa shape index (κ3) is 5.57. The van der Waals surface area contributed by atoms with Crippen LogP contribution in [0, 0.1) is 11.7 Å². The smallest absolute Gasteiger partial charge is 0.276 e. The quantitative estimate of drug-likeness (QED) is 0.580. The maximum Gasteiger partial charge on any atom is 0.276 e. The number of carbonyl (C=O) groups excluding carboxylic acids is 2. The second kappa shape index (κ2) is 10.3. The molecule has 0 radical (unpaired) electrons. The minimum atomic E-state index is -3.75. The van der Waals surface area contributed by atoms with Gasteiger partial charge in [0.1, 0.15) is 24.8 Å². The molecule has 0 aliphatic carbocycles. The highest BCUT2D eigenvalue weighted by molar-refractivity contribution is 7.89. The monoisotopic (exact) mass is 493 g/mol. The average Bonchev–Trinajstić information content (AvgIpc) is 2.86. The van der Waals surface area contributed by atoms with Crippen molar-refractivity contribution in [1.29, 1.82) is 0 Å². The molecule has 34 heavy (non-hydrogen) atoms. The highest BCUT2D eigenvalue weighted by Gasteiger charge is 2.33. The zero-order chi connectivity index (χ0) is 24.1. The number of piperidine rings is 1. The van der Waals surface area contributed by atoms with Gasteiger partial charge in [-0.2, -0.15) is 4.31 Å². The van der Waals surface area contributed by atoms with E-state index in [4.69, 9.17) is 14.2 Å². The molecular weight excluding hydrogens is 469 g/mol. The van der Waals surface area contributed by atoms with Crippen LogP contribution in [-0.2, 0) is 19.6 Å². The van der Waals surface area contributed by atoms with Crippen molar-refractivity contribution in [3.8, 4) is 17.2 Å². The number of carbonyl (C=O) groups is 2. The van der Waals surface area contributed by atoms with Crippen molar-refractivity contribution in [2.75, 3.05) is 32.9 Å². The number of halogens is 1. The first-order valence-corrected chi connectivity index (χ1v) is 12.1. The van der Waals surface area contributed by atoms with E-state index in [1.165, 1.54) is 40.7 Å². The van der Waals surface area contributed by atoms with E-state index in [0.29, 0.717) is 43.3 Å². The maximum absolute atomic E-state index is 13.0. The number of nitrogens with zero attached hydrogens (tertiary/aromatic N) is 1. The summed E-state index contributed by atoms with van der Waals surface area (Å²) in [6.07, 6.45) is 0.606. The molecule has 10 nitrogen and oxygen atoms in total. The summed E-state index contributed by atoms with van der Waals surface area (Å²) in [5, 5.41) is 0. The second-order valence-corrected chi connectivity index (χ2v) is 9.70. The number of ether oxygens (including phenoxy) is 3. The summed E-state index contributed by atoms with van der Waals surface area (Å²) in [5.41, 5.74) is 4.60. The van der Waals surface area contributed by atoms with Crippen molar-refractivity contribution in [3.05, 3.63) is 48.3 Å². The Kier molecular flexibility index (Phi) is 7.17. The fourth-order valence-electron chi connectivity index (χ4n) is 3.64. The molecule has 182 valence electrons. The number of benzene rings is 2. The lowest BCUT2D eigenvalue weighted by molar-refractivity contribution is -0.132. The fourth-order valence-corrected chi connectivity index (χ4v) is 5.13. The van der Waals surface area contributed by atoms with Gasteiger partial charge in [-0.15, -0.1) is 0 Å². The van der Waals surface area contributed by atoms with Gasteiger partial charge in [-0.1, -0.05) is 0 Å². The molecule has 0 bridgehead atoms. The highest BCUT2D eigenvalue weighted by Crippen LogP contribution is 2.34. The van der Waals surface area contributed by atoms with Gasteiger partial charge in [0.05, 0.1) is 4.90 Å². The van der Waals surface area contributed by atoms with Gasteiger partial charge in [0, 0.05) is 25.1 Å². The Morgan fingerprint density at radius 2 is 1.68 bits per heavy atom. The number of hydrogen-bond acceptors (Lipinski definition) is 7. The molecule has 2 aromatic carbocycles. The van der Waals surface area contributed by atoms with Crippen LogP contribution < -0.4 is 25.1 Å². The van der Waals surface area contributed by atoms with E-state index in [1.54, 1.807) is 6.07 Å². The van der Waals surface area contributed by atoms with E-state index in [9.17, 15) is 22.4 Å². The number of sulfonamides is 1. The lowest BCUT2D eigenvalue weighted by Gasteiger charge is -2.30. The molecule has 2 aliphatic rings. The normalized spacial score (nSPS) is 16.5. The summed E-state index contributed by atoms with van der Waals surface area (Å²) in [5.74, 6) is -0.664. The number of nitrogens with one attached hydrogen (secondary N) is 2. The number of hydrazine groups is 1. The molecule has 2 aliphatic heterocycles. The molecule has 2 aromatic rings. The average molecular weight is 494 g/mol. The second-order valence-electron chi connectivity index (χ2n) is 7.76. The van der Waals surface area contributed by atoms with Gasteiger partial charge in [0.15, 0.2) is 18.1 Å². The van der Waals surface area contributed by atoms with Crippen LogP contribution in [0.3, 0.4) is 0 Å². The molecule has 12 heteroatoms. The van der Waals surface area contributed by atoms with Gasteiger partial charge in [0.25, 0.3) is 5.91 Å². The Bertz CT molecular complexity index is 1150. The molecule has 0 atom stereocenters. The van der Waals surface area contributed by atoms with Crippen LogP contribution in [0.2, 0.25) is 0 Å². The standard InChI is InChI=1S/C22H24FN3O7S/c23-16-1-3-17(4-2-16)33-14-21(27)24-25-22(28)15-7-9-26(10-8-15)34(29,30)18-5-6-19-20(13-18)32-12-11-31-19/h1-6,13,15H,7-12,14H2,(H,24,27)(H,25,28). The van der Waals surface area contributed by atoms with Crippen molar-refractivity contribution in [3.63, 3.8) is 0 Å². The van der Waals surface area contributed by atoms with Crippen molar-refractivity contribution < 1.29 is 36.6 Å². The zero-order valence-corrected chi connectivity index (χ0v) is 19.0. The van der Waals surface area contributed by atoms with Crippen molar-refractivity contribution in [2.24, 2.45) is 5.92 Å². The Labute approximate surface area is 196 Å². The van der Waals surface area contributed by atoms with E-state index in [2.05, 4.69) is 10.9 Å². The minimum absolute atomic E-state index is 0.105. The van der Waals surface area contributed by atoms with Crippen LogP contribution in [0.15, 0.2) is 47.4 Å². The Balaban J connectivity index is 1.24. The van der Waals surface area contributed by atoms with Gasteiger partial charge in [-0.05, 0) is 49.2 Å². The van der Waals surface area contributed by atoms with E-state index in [-0.39, 0.29) is 24.6 Å². The van der Waals surface area contributed by atoms with Crippen LogP contribution in [-0.4, -0.2) is 57.4 Å². The maximum atomic E-state index is 13.0. The van der Waals surface area contributed by atoms with Gasteiger partial charge in [-0.25, -0.2) is 12.8 Å². The van der Waals surface area contributed by atoms with Crippen LogP contribution in [0.1, 0.15) is 12.8 Å². The molecule has 0 aromatic heterocycles. The fraction of sp³-hybridized carbons (Fsp3) is 0.364. The molecule has 0 saturated carbocycles. The molecule has 2 N–H and O–H groups in total. The zero-order valence-electron chi connectivity index (χ0n) is 18.2. The van der Waals surface area contributed by atoms with E-state index in [0.717, 1.165) is 0 Å². The lowest BCUT2D eigenvalue weighted by atomic mass is 9.98. The molecule has 1 saturated heterocycles. The predicted octanol–water partition coefficient (Wildman–Crippen LogP) is 1.22. The highest BCUT2D eigenvalue weighted by atomic mass is 32.2. The van der Waals surface area contributed by atoms with Crippen LogP contribution in [0.25, 0.3) is 0 Å². The third-order valence-electron chi connectivity index (χ3n) is 5.48. The minimum Gasteiger partial charge on any atom is -0.486 e. The molecular formula is C22H24FN3O7S. The summed E-state index contributed by atoms with van der Waals surface area (Å²) in [7, 11) is -3.75. The van der Waals surface area contributed by atoms with Crippen molar-refractivity contribution in [2.45, 2.75) is 17.7 Å². The molecule has 2 heterocycles. The van der Waals surface area contributed by atoms with Gasteiger partial charge in [-0.3, -0.25) is 20.4 Å². The summed E-state index contributed by atoms with van der Waals surface area (Å²) >= 11 is 0. The Morgan fingerprint density at radius 3 is 2.38 bits per heavy atom. The third-order valence-corrected chi connectivity index (χ3v) is 7.38. The first-order valence-electron chi connectivity index (χ1n) is 10.7. The van der Waals surface area contributed by atoms with Crippen molar-refractivity contribution in [1.82, 2.24) is 15.2 Å². The lowest BCUT2D eigenvalue weighted by Crippen LogP contribution is -2.49. The molecule has 0 spiro atoms. The van der Waals surface area contributed by atoms with Gasteiger partial charge < -0.3 is 14.2 Å². The Hall–Kier alpha value is -3.38. The summed E-state index contributed by atoms with van der Waals surface area (Å²) in [4.78, 5) is 24.4. The molecule has 1 fully saturated rings. The topological polar surface area (TPSA) is 123 Å². The van der Waals surface area contributed by atoms with Gasteiger partial charge >= 0.3 is 0 Å². The van der Waals surface area contributed by atoms with Crippen molar-refractivity contribution >= 4 is 21.8 Å². The van der Waals surface area contributed by atoms with Crippen LogP contribution in [0.5, 0.6) is 17.2 Å². The SMILES string of the molecule is O=C(COc1ccc(F)cc1)NNC(=O)C1CCN(S(=O)(=O)c2ccc3c(c2)OCCO3)CC1. The number of hydrogen-bond donors (Lipinski definition) is 2. The first-order chi connectivity index (χ1) is 16.3. The summed E-state index contributed by atoms with van der Waals surface area (Å²) in [6, 6.07) is 9.67. The predicted molar refractivity (Wildman–Crippen MR) is 117 cm³/mol. The molecule has 2 amide bonds. The van der Waals surface area contributed by atoms with Crippen LogP contribution in [0.4, 0.5) is 4.39 Å². The molecule has 4 rings (SSSR count). The first kappa shape index (κ1) is 23.8. The van der Waals surface area contributed by atoms with E-state index < -0.39 is 33.6 Å². The summed E-state index contributed by atoms with van der Waals surface area (Å²) in [6.45, 7) is 0.730. The number of amides is 2. The van der Waals surface area contributed by atoms with Gasteiger partial charge in [0.2, 0.25) is 15.9 Å².